The predicted molar refractivity (Wildman–Crippen MR) is 103 cm³/mol. The molecule has 0 aliphatic rings. The van der Waals surface area contributed by atoms with E-state index in [9.17, 15) is 8.42 Å². The minimum absolute atomic E-state index is 0.271. The van der Waals surface area contributed by atoms with Crippen molar-refractivity contribution in [3.8, 4) is 0 Å². The Balaban J connectivity index is 2.01. The summed E-state index contributed by atoms with van der Waals surface area (Å²) in [4.78, 5) is 0.271. The summed E-state index contributed by atoms with van der Waals surface area (Å²) in [6, 6.07) is 20.4. The summed E-state index contributed by atoms with van der Waals surface area (Å²) < 4.78 is 28.4. The van der Waals surface area contributed by atoms with Crippen LogP contribution in [0.4, 0.5) is 0 Å². The highest BCUT2D eigenvalue weighted by Gasteiger charge is 2.21. The number of benzene rings is 3. The third-order valence-electron chi connectivity index (χ3n) is 4.23. The molecule has 0 saturated heterocycles. The minimum Gasteiger partial charge on any atom is -0.207 e. The van der Waals surface area contributed by atoms with Gasteiger partial charge in [0.1, 0.15) is 0 Å². The lowest BCUT2D eigenvalue weighted by molar-refractivity contribution is 0.558. The first-order valence-electron chi connectivity index (χ1n) is 8.19. The van der Waals surface area contributed by atoms with Crippen molar-refractivity contribution in [1.29, 1.82) is 0 Å². The molecule has 1 N–H and O–H groups in total. The van der Waals surface area contributed by atoms with E-state index in [1.165, 1.54) is 0 Å². The Bertz CT molecular complexity index is 987. The van der Waals surface area contributed by atoms with E-state index in [4.69, 9.17) is 0 Å². The third-order valence-corrected chi connectivity index (χ3v) is 5.72. The molecule has 128 valence electrons. The molecule has 3 aromatic carbocycles. The second-order valence-electron chi connectivity index (χ2n) is 6.08. The average Bonchev–Trinajstić information content (AvgIpc) is 2.61. The Labute approximate surface area is 149 Å². The molecule has 0 aromatic heterocycles. The molecular weight excluding hydrogens is 330 g/mol. The average molecular weight is 351 g/mol. The molecule has 0 bridgehead atoms. The van der Waals surface area contributed by atoms with E-state index in [-0.39, 0.29) is 10.9 Å². The minimum atomic E-state index is -3.61. The Kier molecular flexibility index (Phi) is 5.02. The number of hydrogen-bond acceptors (Lipinski definition) is 2. The van der Waals surface area contributed by atoms with Crippen LogP contribution in [0.15, 0.2) is 84.3 Å². The molecule has 3 rings (SSSR count). The Morgan fingerprint density at radius 3 is 2.40 bits per heavy atom. The van der Waals surface area contributed by atoms with Crippen molar-refractivity contribution in [2.24, 2.45) is 0 Å². The number of aryl methyl sites for hydroxylation is 1. The van der Waals surface area contributed by atoms with Crippen molar-refractivity contribution >= 4 is 20.8 Å². The predicted octanol–water partition coefficient (Wildman–Crippen LogP) is 4.74. The molecule has 0 fully saturated rings. The zero-order chi connectivity index (χ0) is 17.9. The van der Waals surface area contributed by atoms with Crippen LogP contribution in [0.1, 0.15) is 23.6 Å². The van der Waals surface area contributed by atoms with E-state index in [1.54, 1.807) is 30.3 Å². The number of rotatable bonds is 6. The second-order valence-corrected chi connectivity index (χ2v) is 7.79. The van der Waals surface area contributed by atoms with Gasteiger partial charge in [-0.3, -0.25) is 0 Å². The quantitative estimate of drug-likeness (QED) is 0.652. The highest BCUT2D eigenvalue weighted by molar-refractivity contribution is 7.89. The van der Waals surface area contributed by atoms with Gasteiger partial charge in [-0.15, -0.1) is 6.58 Å². The van der Waals surface area contributed by atoms with E-state index in [2.05, 4.69) is 11.3 Å². The molecule has 0 spiro atoms. The van der Waals surface area contributed by atoms with Gasteiger partial charge in [-0.25, -0.2) is 13.1 Å². The Morgan fingerprint density at radius 2 is 1.68 bits per heavy atom. The molecule has 0 aliphatic carbocycles. The summed E-state index contributed by atoms with van der Waals surface area (Å²) in [5.41, 5.74) is 1.98. The van der Waals surface area contributed by atoms with Crippen LogP contribution < -0.4 is 4.72 Å². The fraction of sp³-hybridized carbons (Fsp3) is 0.143. The first kappa shape index (κ1) is 17.4. The molecule has 0 heterocycles. The maximum Gasteiger partial charge on any atom is 0.241 e. The van der Waals surface area contributed by atoms with Crippen LogP contribution in [0, 0.1) is 6.92 Å². The first-order valence-corrected chi connectivity index (χ1v) is 9.67. The fourth-order valence-electron chi connectivity index (χ4n) is 2.93. The molecule has 0 radical (unpaired) electrons. The molecule has 0 saturated carbocycles. The van der Waals surface area contributed by atoms with Crippen molar-refractivity contribution in [2.75, 3.05) is 0 Å². The lowest BCUT2D eigenvalue weighted by Crippen LogP contribution is -2.28. The van der Waals surface area contributed by atoms with Crippen molar-refractivity contribution in [3.05, 3.63) is 90.5 Å². The Morgan fingerprint density at radius 1 is 1.00 bits per heavy atom. The lowest BCUT2D eigenvalue weighted by Gasteiger charge is -2.20. The number of hydrogen-bond donors (Lipinski definition) is 1. The van der Waals surface area contributed by atoms with Crippen LogP contribution >= 0.6 is 0 Å². The zero-order valence-corrected chi connectivity index (χ0v) is 15.0. The summed E-state index contributed by atoms with van der Waals surface area (Å²) in [5.74, 6) is 0. The van der Waals surface area contributed by atoms with E-state index < -0.39 is 10.0 Å². The van der Waals surface area contributed by atoms with Gasteiger partial charge < -0.3 is 0 Å². The summed E-state index contributed by atoms with van der Waals surface area (Å²) in [5, 5.41) is 2.13. The molecule has 0 aliphatic heterocycles. The van der Waals surface area contributed by atoms with Gasteiger partial charge in [0.25, 0.3) is 0 Å². The smallest absolute Gasteiger partial charge is 0.207 e. The van der Waals surface area contributed by atoms with Crippen LogP contribution in [0.5, 0.6) is 0 Å². The highest BCUT2D eigenvalue weighted by Crippen LogP contribution is 2.28. The highest BCUT2D eigenvalue weighted by atomic mass is 32.2. The van der Waals surface area contributed by atoms with Crippen molar-refractivity contribution in [2.45, 2.75) is 24.3 Å². The van der Waals surface area contributed by atoms with Gasteiger partial charge in [0.05, 0.1) is 10.9 Å². The maximum atomic E-state index is 12.8. The van der Waals surface area contributed by atoms with Gasteiger partial charge in [-0.2, -0.15) is 0 Å². The zero-order valence-electron chi connectivity index (χ0n) is 14.1. The van der Waals surface area contributed by atoms with Gasteiger partial charge in [0.2, 0.25) is 10.0 Å². The fourth-order valence-corrected chi connectivity index (χ4v) is 4.16. The normalized spacial score (nSPS) is 12.8. The van der Waals surface area contributed by atoms with E-state index in [1.807, 2.05) is 49.4 Å². The van der Waals surface area contributed by atoms with Gasteiger partial charge >= 0.3 is 0 Å². The Hall–Kier alpha value is -2.43. The van der Waals surface area contributed by atoms with Crippen LogP contribution in [0.25, 0.3) is 10.8 Å². The molecule has 1 atom stereocenters. The molecule has 1 unspecified atom stereocenters. The summed E-state index contributed by atoms with van der Waals surface area (Å²) >= 11 is 0. The molecule has 25 heavy (non-hydrogen) atoms. The van der Waals surface area contributed by atoms with Gasteiger partial charge in [-0.1, -0.05) is 66.2 Å². The largest absolute Gasteiger partial charge is 0.241 e. The third kappa shape index (κ3) is 3.81. The molecule has 3 aromatic rings. The second kappa shape index (κ2) is 7.21. The van der Waals surface area contributed by atoms with Crippen molar-refractivity contribution in [1.82, 2.24) is 4.72 Å². The van der Waals surface area contributed by atoms with Crippen LogP contribution in [-0.2, 0) is 10.0 Å². The monoisotopic (exact) mass is 351 g/mol. The first-order chi connectivity index (χ1) is 12.0. The van der Waals surface area contributed by atoms with Crippen LogP contribution in [-0.4, -0.2) is 8.42 Å². The van der Waals surface area contributed by atoms with E-state index in [0.29, 0.717) is 6.42 Å². The molecular formula is C21H21NO2S. The van der Waals surface area contributed by atoms with Gasteiger partial charge in [0, 0.05) is 0 Å². The molecule has 0 amide bonds. The van der Waals surface area contributed by atoms with E-state index in [0.717, 1.165) is 21.9 Å². The topological polar surface area (TPSA) is 46.2 Å². The van der Waals surface area contributed by atoms with Crippen molar-refractivity contribution < 1.29 is 8.42 Å². The standard InChI is InChI=1S/C21H21NO2S/c1-3-7-21(20-11-6-9-17-8-4-5-10-19(17)20)22-25(23,24)18-14-12-16(2)13-15-18/h3-6,8-15,21-22H,1,7H2,2H3. The van der Waals surface area contributed by atoms with Crippen LogP contribution in [0.3, 0.4) is 0 Å². The van der Waals surface area contributed by atoms with E-state index >= 15 is 0 Å². The number of nitrogens with one attached hydrogen (secondary N) is 1. The van der Waals surface area contributed by atoms with Crippen molar-refractivity contribution in [3.63, 3.8) is 0 Å². The SMILES string of the molecule is C=CCC(NS(=O)(=O)c1ccc(C)cc1)c1cccc2ccccc12. The molecule has 4 heteroatoms. The number of sulfonamides is 1. The van der Waals surface area contributed by atoms with Gasteiger partial charge in [-0.05, 0) is 41.8 Å². The lowest BCUT2D eigenvalue weighted by atomic mass is 9.97. The van der Waals surface area contributed by atoms with Gasteiger partial charge in [0.15, 0.2) is 0 Å². The van der Waals surface area contributed by atoms with Crippen LogP contribution in [0.2, 0.25) is 0 Å². The number of fused-ring (bicyclic) bond motifs is 1. The molecule has 3 nitrogen and oxygen atoms in total. The maximum absolute atomic E-state index is 12.8. The summed E-state index contributed by atoms with van der Waals surface area (Å²) in [6.45, 7) is 5.72. The summed E-state index contributed by atoms with van der Waals surface area (Å²) in [7, 11) is -3.61. The summed E-state index contributed by atoms with van der Waals surface area (Å²) in [6.07, 6.45) is 2.25.